The largest absolute Gasteiger partial charge is 0.493 e. The topological polar surface area (TPSA) is 83.8 Å². The van der Waals surface area contributed by atoms with Crippen LogP contribution in [-0.2, 0) is 0 Å². The zero-order chi connectivity index (χ0) is 16.7. The van der Waals surface area contributed by atoms with Gasteiger partial charge in [0, 0.05) is 5.39 Å². The monoisotopic (exact) mass is 321 g/mol. The van der Waals surface area contributed by atoms with Crippen molar-refractivity contribution in [1.29, 1.82) is 0 Å². The smallest absolute Gasteiger partial charge is 0.233 e. The van der Waals surface area contributed by atoms with E-state index >= 15 is 0 Å². The van der Waals surface area contributed by atoms with Crippen LogP contribution in [0.4, 0.5) is 16.3 Å². The SMILES string of the molecule is Cc1nc(Nc2nc(O)c3ccccc3n2)nc2ccc(F)cc12. The van der Waals surface area contributed by atoms with Crippen LogP contribution in [0.3, 0.4) is 0 Å². The number of hydrogen-bond donors (Lipinski definition) is 2. The molecule has 4 aromatic rings. The number of para-hydroxylation sites is 1. The highest BCUT2D eigenvalue weighted by molar-refractivity contribution is 5.85. The minimum atomic E-state index is -0.335. The number of rotatable bonds is 2. The van der Waals surface area contributed by atoms with Gasteiger partial charge in [-0.05, 0) is 37.3 Å². The van der Waals surface area contributed by atoms with Crippen LogP contribution in [0.5, 0.6) is 5.88 Å². The van der Waals surface area contributed by atoms with Gasteiger partial charge in [-0.25, -0.2) is 19.3 Å². The number of nitrogens with one attached hydrogen (secondary N) is 1. The third-order valence-electron chi connectivity index (χ3n) is 3.66. The van der Waals surface area contributed by atoms with Crippen LogP contribution in [0.25, 0.3) is 21.8 Å². The van der Waals surface area contributed by atoms with Crippen molar-refractivity contribution in [2.75, 3.05) is 5.32 Å². The maximum absolute atomic E-state index is 13.3. The van der Waals surface area contributed by atoms with Crippen LogP contribution in [0.15, 0.2) is 42.5 Å². The molecule has 4 rings (SSSR count). The molecule has 0 radical (unpaired) electrons. The van der Waals surface area contributed by atoms with Crippen molar-refractivity contribution in [2.45, 2.75) is 6.92 Å². The van der Waals surface area contributed by atoms with Gasteiger partial charge in [-0.2, -0.15) is 4.98 Å². The van der Waals surface area contributed by atoms with Crippen LogP contribution < -0.4 is 5.32 Å². The van der Waals surface area contributed by atoms with Crippen LogP contribution in [0.2, 0.25) is 0 Å². The lowest BCUT2D eigenvalue weighted by molar-refractivity contribution is 0.460. The fourth-order valence-corrected chi connectivity index (χ4v) is 2.53. The van der Waals surface area contributed by atoms with Crippen molar-refractivity contribution in [1.82, 2.24) is 19.9 Å². The molecule has 0 unspecified atom stereocenters. The molecule has 0 aliphatic heterocycles. The summed E-state index contributed by atoms with van der Waals surface area (Å²) in [7, 11) is 0. The van der Waals surface area contributed by atoms with E-state index in [1.54, 1.807) is 31.2 Å². The van der Waals surface area contributed by atoms with Crippen molar-refractivity contribution in [3.63, 3.8) is 0 Å². The molecule has 0 aliphatic rings. The Balaban J connectivity index is 1.78. The summed E-state index contributed by atoms with van der Waals surface area (Å²) >= 11 is 0. The number of aromatic nitrogens is 4. The Morgan fingerprint density at radius 2 is 1.58 bits per heavy atom. The molecular formula is C17H12FN5O. The molecular weight excluding hydrogens is 309 g/mol. The minimum absolute atomic E-state index is 0.123. The summed E-state index contributed by atoms with van der Waals surface area (Å²) in [6.07, 6.45) is 0. The molecule has 7 heteroatoms. The van der Waals surface area contributed by atoms with Crippen LogP contribution in [-0.4, -0.2) is 25.0 Å². The van der Waals surface area contributed by atoms with Gasteiger partial charge in [-0.15, -0.1) is 0 Å². The van der Waals surface area contributed by atoms with Crippen molar-refractivity contribution < 1.29 is 9.50 Å². The van der Waals surface area contributed by atoms with E-state index in [0.29, 0.717) is 27.5 Å². The Morgan fingerprint density at radius 1 is 0.875 bits per heavy atom. The third kappa shape index (κ3) is 2.45. The van der Waals surface area contributed by atoms with Crippen molar-refractivity contribution >= 4 is 33.7 Å². The zero-order valence-electron chi connectivity index (χ0n) is 12.7. The summed E-state index contributed by atoms with van der Waals surface area (Å²) in [4.78, 5) is 17.0. The Kier molecular flexibility index (Phi) is 3.19. The van der Waals surface area contributed by atoms with E-state index < -0.39 is 0 Å². The fraction of sp³-hybridized carbons (Fsp3) is 0.0588. The van der Waals surface area contributed by atoms with E-state index in [-0.39, 0.29) is 23.6 Å². The quantitative estimate of drug-likeness (QED) is 0.588. The maximum Gasteiger partial charge on any atom is 0.233 e. The molecule has 2 heterocycles. The summed E-state index contributed by atoms with van der Waals surface area (Å²) in [5.74, 6) is 0.00808. The Hall–Kier alpha value is -3.35. The van der Waals surface area contributed by atoms with Crippen molar-refractivity contribution in [3.8, 4) is 5.88 Å². The van der Waals surface area contributed by atoms with E-state index in [0.717, 1.165) is 0 Å². The van der Waals surface area contributed by atoms with Crippen LogP contribution in [0, 0.1) is 12.7 Å². The zero-order valence-corrected chi connectivity index (χ0v) is 12.7. The second-order valence-electron chi connectivity index (χ2n) is 5.31. The van der Waals surface area contributed by atoms with Gasteiger partial charge in [0.2, 0.25) is 17.8 Å². The number of aromatic hydroxyl groups is 1. The number of fused-ring (bicyclic) bond motifs is 2. The molecule has 118 valence electrons. The summed E-state index contributed by atoms with van der Waals surface area (Å²) in [5, 5.41) is 14.1. The molecule has 6 nitrogen and oxygen atoms in total. The highest BCUT2D eigenvalue weighted by Crippen LogP contribution is 2.24. The molecule has 2 N–H and O–H groups in total. The maximum atomic E-state index is 13.3. The second-order valence-corrected chi connectivity index (χ2v) is 5.31. The highest BCUT2D eigenvalue weighted by atomic mass is 19.1. The lowest BCUT2D eigenvalue weighted by Gasteiger charge is -2.08. The molecule has 0 amide bonds. The summed E-state index contributed by atoms with van der Waals surface area (Å²) < 4.78 is 13.3. The number of benzene rings is 2. The molecule has 0 spiro atoms. The normalized spacial score (nSPS) is 11.1. The van der Waals surface area contributed by atoms with E-state index in [2.05, 4.69) is 25.3 Å². The number of aryl methyl sites for hydroxylation is 1. The van der Waals surface area contributed by atoms with Gasteiger partial charge in [-0.3, -0.25) is 5.32 Å². The summed E-state index contributed by atoms with van der Waals surface area (Å²) in [6, 6.07) is 11.5. The second kappa shape index (κ2) is 5.38. The average molecular weight is 321 g/mol. The molecule has 2 aromatic heterocycles. The van der Waals surface area contributed by atoms with Crippen molar-refractivity contribution in [3.05, 3.63) is 54.0 Å². The van der Waals surface area contributed by atoms with Crippen LogP contribution in [0.1, 0.15) is 5.69 Å². The third-order valence-corrected chi connectivity index (χ3v) is 3.66. The molecule has 0 aliphatic carbocycles. The lowest BCUT2D eigenvalue weighted by Crippen LogP contribution is -2.03. The first-order chi connectivity index (χ1) is 11.6. The van der Waals surface area contributed by atoms with Gasteiger partial charge in [0.15, 0.2) is 0 Å². The first-order valence-electron chi connectivity index (χ1n) is 7.27. The predicted octanol–water partition coefficient (Wildman–Crippen LogP) is 3.47. The van der Waals surface area contributed by atoms with Gasteiger partial charge < -0.3 is 5.11 Å². The molecule has 24 heavy (non-hydrogen) atoms. The van der Waals surface area contributed by atoms with Gasteiger partial charge >= 0.3 is 0 Å². The minimum Gasteiger partial charge on any atom is -0.493 e. The molecule has 2 aromatic carbocycles. The standard InChI is InChI=1S/C17H12FN5O/c1-9-12-8-10(18)6-7-14(12)21-16(19-9)23-17-20-13-5-3-2-4-11(13)15(24)22-17/h2-8H,1H3,(H2,19,20,21,22,23,24). The Morgan fingerprint density at radius 3 is 2.42 bits per heavy atom. The van der Waals surface area contributed by atoms with Gasteiger partial charge in [0.1, 0.15) is 5.82 Å². The highest BCUT2D eigenvalue weighted by Gasteiger charge is 2.10. The van der Waals surface area contributed by atoms with Gasteiger partial charge in [-0.1, -0.05) is 12.1 Å². The molecule has 0 fully saturated rings. The first kappa shape index (κ1) is 14.3. The first-order valence-corrected chi connectivity index (χ1v) is 7.27. The lowest BCUT2D eigenvalue weighted by atomic mass is 10.2. The van der Waals surface area contributed by atoms with Gasteiger partial charge in [0.25, 0.3) is 0 Å². The molecule has 0 atom stereocenters. The number of nitrogens with zero attached hydrogens (tertiary/aromatic N) is 4. The Labute approximate surface area is 136 Å². The van der Waals surface area contributed by atoms with E-state index in [1.807, 2.05) is 6.07 Å². The number of halogens is 1. The van der Waals surface area contributed by atoms with Gasteiger partial charge in [0.05, 0.1) is 22.1 Å². The van der Waals surface area contributed by atoms with E-state index in [1.165, 1.54) is 12.1 Å². The fourth-order valence-electron chi connectivity index (χ4n) is 2.53. The van der Waals surface area contributed by atoms with E-state index in [4.69, 9.17) is 0 Å². The predicted molar refractivity (Wildman–Crippen MR) is 88.7 cm³/mol. The summed E-state index contributed by atoms with van der Waals surface area (Å²) in [5.41, 5.74) is 1.84. The number of anilines is 2. The van der Waals surface area contributed by atoms with Crippen molar-refractivity contribution in [2.24, 2.45) is 0 Å². The summed E-state index contributed by atoms with van der Waals surface area (Å²) in [6.45, 7) is 1.77. The van der Waals surface area contributed by atoms with Crippen LogP contribution >= 0.6 is 0 Å². The number of hydrogen-bond acceptors (Lipinski definition) is 6. The van der Waals surface area contributed by atoms with E-state index in [9.17, 15) is 9.50 Å². The molecule has 0 bridgehead atoms. The average Bonchev–Trinajstić information content (AvgIpc) is 2.56. The Bertz CT molecular complexity index is 1080. The molecule has 0 saturated carbocycles. The molecule has 0 saturated heterocycles.